The molecule has 4 aromatic rings. The summed E-state index contributed by atoms with van der Waals surface area (Å²) >= 11 is 0. The number of pyridine rings is 1. The van der Waals surface area contributed by atoms with Gasteiger partial charge < -0.3 is 10.1 Å². The Kier molecular flexibility index (Phi) is 4.87. The fourth-order valence-electron chi connectivity index (χ4n) is 3.25. The lowest BCUT2D eigenvalue weighted by Gasteiger charge is -2.10. The maximum Gasteiger partial charge on any atom is 0.335 e. The molecule has 0 aliphatic rings. The Morgan fingerprint density at radius 3 is 2.59 bits per heavy atom. The first-order valence-electron chi connectivity index (χ1n) is 9.14. The molecule has 0 atom stereocenters. The van der Waals surface area contributed by atoms with Gasteiger partial charge >= 0.3 is 5.69 Å². The van der Waals surface area contributed by atoms with Gasteiger partial charge in [0.15, 0.2) is 5.65 Å². The molecule has 7 heteroatoms. The van der Waals surface area contributed by atoms with E-state index in [1.165, 1.54) is 16.2 Å². The molecule has 4 rings (SSSR count). The molecule has 1 N–H and O–H groups in total. The summed E-state index contributed by atoms with van der Waals surface area (Å²) in [7, 11) is 1.54. The van der Waals surface area contributed by atoms with Crippen LogP contribution in [0.15, 0.2) is 71.7 Å². The average Bonchev–Trinajstić information content (AvgIpc) is 3.01. The maximum absolute atomic E-state index is 13.2. The third-order valence-corrected chi connectivity index (χ3v) is 4.67. The van der Waals surface area contributed by atoms with Crippen LogP contribution in [0.4, 0.5) is 5.69 Å². The van der Waals surface area contributed by atoms with Crippen molar-refractivity contribution in [2.75, 3.05) is 12.4 Å². The molecule has 0 aliphatic heterocycles. The standard InChI is InChI=1S/C22H20N4O3/c1-15-9-11-16(12-10-15)26-21-18(7-5-13-23-21)25(22(26)28)14-20(27)24-17-6-3-4-8-19(17)29-2/h3-13H,14H2,1-2H3,(H,24,27). The minimum absolute atomic E-state index is 0.141. The number of carbonyl (C=O) groups excluding carboxylic acids is 1. The van der Waals surface area contributed by atoms with Crippen LogP contribution in [-0.4, -0.2) is 27.1 Å². The number of methoxy groups -OCH3 is 1. The van der Waals surface area contributed by atoms with E-state index in [2.05, 4.69) is 10.3 Å². The number of ether oxygens (including phenoxy) is 1. The highest BCUT2D eigenvalue weighted by Gasteiger charge is 2.18. The number of nitrogens with one attached hydrogen (secondary N) is 1. The van der Waals surface area contributed by atoms with E-state index >= 15 is 0 Å². The smallest absolute Gasteiger partial charge is 0.335 e. The lowest BCUT2D eigenvalue weighted by molar-refractivity contribution is -0.116. The number of hydrogen-bond acceptors (Lipinski definition) is 4. The van der Waals surface area contributed by atoms with Gasteiger partial charge in [-0.1, -0.05) is 29.8 Å². The Morgan fingerprint density at radius 2 is 1.83 bits per heavy atom. The van der Waals surface area contributed by atoms with E-state index in [4.69, 9.17) is 4.74 Å². The van der Waals surface area contributed by atoms with Crippen LogP contribution in [0.25, 0.3) is 16.9 Å². The van der Waals surface area contributed by atoms with Gasteiger partial charge in [-0.15, -0.1) is 0 Å². The lowest BCUT2D eigenvalue weighted by Crippen LogP contribution is -2.29. The Labute approximate surface area is 167 Å². The average molecular weight is 388 g/mol. The first-order valence-corrected chi connectivity index (χ1v) is 9.14. The topological polar surface area (TPSA) is 78.1 Å². The Hall–Kier alpha value is -3.87. The van der Waals surface area contributed by atoms with Crippen molar-refractivity contribution in [2.45, 2.75) is 13.5 Å². The van der Waals surface area contributed by atoms with Gasteiger partial charge in [-0.3, -0.25) is 9.36 Å². The predicted molar refractivity (Wildman–Crippen MR) is 112 cm³/mol. The van der Waals surface area contributed by atoms with Crippen molar-refractivity contribution in [3.8, 4) is 11.4 Å². The number of carbonyl (C=O) groups is 1. The van der Waals surface area contributed by atoms with Crippen LogP contribution in [0.5, 0.6) is 5.75 Å². The van der Waals surface area contributed by atoms with Gasteiger partial charge in [0.1, 0.15) is 12.3 Å². The second-order valence-corrected chi connectivity index (χ2v) is 6.63. The van der Waals surface area contributed by atoms with E-state index in [1.54, 1.807) is 36.5 Å². The van der Waals surface area contributed by atoms with E-state index in [0.717, 1.165) is 5.56 Å². The van der Waals surface area contributed by atoms with Crippen LogP contribution >= 0.6 is 0 Å². The number of benzene rings is 2. The molecule has 0 aliphatic carbocycles. The van der Waals surface area contributed by atoms with Crippen LogP contribution in [0.2, 0.25) is 0 Å². The fourth-order valence-corrected chi connectivity index (χ4v) is 3.25. The number of anilines is 1. The van der Waals surface area contributed by atoms with Gasteiger partial charge in [0, 0.05) is 6.20 Å². The van der Waals surface area contributed by atoms with Crippen LogP contribution in [0, 0.1) is 6.92 Å². The molecule has 29 heavy (non-hydrogen) atoms. The summed E-state index contributed by atoms with van der Waals surface area (Å²) in [4.78, 5) is 30.2. The van der Waals surface area contributed by atoms with Crippen LogP contribution in [-0.2, 0) is 11.3 Å². The van der Waals surface area contributed by atoms with Crippen LogP contribution in [0.1, 0.15) is 5.56 Å². The molecule has 0 bridgehead atoms. The van der Waals surface area contributed by atoms with E-state index < -0.39 is 0 Å². The largest absolute Gasteiger partial charge is 0.495 e. The molecule has 0 unspecified atom stereocenters. The molecular formula is C22H20N4O3. The first-order chi connectivity index (χ1) is 14.1. The SMILES string of the molecule is COc1ccccc1NC(=O)Cn1c(=O)n(-c2ccc(C)cc2)c2ncccc21. The van der Waals surface area contributed by atoms with Gasteiger partial charge in [-0.05, 0) is 43.3 Å². The van der Waals surface area contributed by atoms with Crippen molar-refractivity contribution >= 4 is 22.8 Å². The lowest BCUT2D eigenvalue weighted by atomic mass is 10.2. The van der Waals surface area contributed by atoms with E-state index in [-0.39, 0.29) is 18.1 Å². The Balaban J connectivity index is 1.73. The number of rotatable bonds is 5. The summed E-state index contributed by atoms with van der Waals surface area (Å²) in [5.41, 5.74) is 3.12. The molecule has 7 nitrogen and oxygen atoms in total. The van der Waals surface area contributed by atoms with Crippen LogP contribution in [0.3, 0.4) is 0 Å². The minimum Gasteiger partial charge on any atom is -0.495 e. The molecule has 2 aromatic carbocycles. The summed E-state index contributed by atoms with van der Waals surface area (Å²) in [6.07, 6.45) is 1.63. The van der Waals surface area contributed by atoms with Crippen molar-refractivity contribution in [1.82, 2.24) is 14.1 Å². The summed E-state index contributed by atoms with van der Waals surface area (Å²) in [6.45, 7) is 1.84. The molecule has 0 spiro atoms. The predicted octanol–water partition coefficient (Wildman–Crippen LogP) is 3.14. The van der Waals surface area contributed by atoms with Gasteiger partial charge in [0.2, 0.25) is 5.91 Å². The summed E-state index contributed by atoms with van der Waals surface area (Å²) in [5, 5.41) is 2.81. The number of aryl methyl sites for hydroxylation is 1. The van der Waals surface area contributed by atoms with E-state index in [1.807, 2.05) is 37.3 Å². The van der Waals surface area contributed by atoms with E-state index in [9.17, 15) is 9.59 Å². The highest BCUT2D eigenvalue weighted by Crippen LogP contribution is 2.23. The van der Waals surface area contributed by atoms with Crippen molar-refractivity contribution in [3.05, 3.63) is 82.9 Å². The highest BCUT2D eigenvalue weighted by molar-refractivity contribution is 5.93. The van der Waals surface area contributed by atoms with Gasteiger partial charge in [0.05, 0.1) is 24.0 Å². The second-order valence-electron chi connectivity index (χ2n) is 6.63. The number of fused-ring (bicyclic) bond motifs is 1. The zero-order valence-corrected chi connectivity index (χ0v) is 16.1. The van der Waals surface area contributed by atoms with Crippen molar-refractivity contribution in [3.63, 3.8) is 0 Å². The molecule has 2 aromatic heterocycles. The second kappa shape index (κ2) is 7.63. The van der Waals surface area contributed by atoms with Crippen LogP contribution < -0.4 is 15.7 Å². The highest BCUT2D eigenvalue weighted by atomic mass is 16.5. The first kappa shape index (κ1) is 18.5. The van der Waals surface area contributed by atoms with Gasteiger partial charge in [-0.25, -0.2) is 14.3 Å². The zero-order valence-electron chi connectivity index (χ0n) is 16.1. The maximum atomic E-state index is 13.2. The quantitative estimate of drug-likeness (QED) is 0.570. The molecule has 0 saturated heterocycles. The molecule has 0 radical (unpaired) electrons. The van der Waals surface area contributed by atoms with Crippen molar-refractivity contribution < 1.29 is 9.53 Å². The van der Waals surface area contributed by atoms with Crippen molar-refractivity contribution in [2.24, 2.45) is 0 Å². The monoisotopic (exact) mass is 388 g/mol. The number of imidazole rings is 1. The number of amides is 1. The summed E-state index contributed by atoms with van der Waals surface area (Å²) in [6, 6.07) is 18.3. The molecule has 0 saturated carbocycles. The number of nitrogens with zero attached hydrogens (tertiary/aromatic N) is 3. The summed E-state index contributed by atoms with van der Waals surface area (Å²) < 4.78 is 8.21. The normalized spacial score (nSPS) is 10.8. The van der Waals surface area contributed by atoms with Crippen molar-refractivity contribution in [1.29, 1.82) is 0 Å². The Bertz CT molecular complexity index is 1240. The van der Waals surface area contributed by atoms with E-state index in [0.29, 0.717) is 28.3 Å². The third kappa shape index (κ3) is 3.50. The third-order valence-electron chi connectivity index (χ3n) is 4.67. The number of hydrogen-bond donors (Lipinski definition) is 1. The number of para-hydroxylation sites is 2. The molecule has 2 heterocycles. The Morgan fingerprint density at radius 1 is 1.07 bits per heavy atom. The molecule has 0 fully saturated rings. The van der Waals surface area contributed by atoms with Gasteiger partial charge in [-0.2, -0.15) is 0 Å². The minimum atomic E-state index is -0.330. The number of aromatic nitrogens is 3. The van der Waals surface area contributed by atoms with Gasteiger partial charge in [0.25, 0.3) is 0 Å². The zero-order chi connectivity index (χ0) is 20.4. The fraction of sp³-hybridized carbons (Fsp3) is 0.136. The molecule has 1 amide bonds. The molecular weight excluding hydrogens is 368 g/mol. The summed E-state index contributed by atoms with van der Waals surface area (Å²) in [5.74, 6) is 0.223. The molecule has 146 valence electrons.